The van der Waals surface area contributed by atoms with E-state index in [9.17, 15) is 10.1 Å². The number of hydrogen-bond donors (Lipinski definition) is 4. The molecule has 1 aromatic carbocycles. The van der Waals surface area contributed by atoms with Crippen LogP contribution in [0.4, 0.5) is 17.5 Å². The minimum atomic E-state index is -0.489. The molecule has 30 heavy (non-hydrogen) atoms. The van der Waals surface area contributed by atoms with Gasteiger partial charge in [0.15, 0.2) is 0 Å². The standard InChI is InChI=1S/C20H26N8O2/c21-13-7-5-12(6-8-13)11-16-18(28(29)30)19(22)27-20(26-16)23-10-9-17-24-14-3-1-2-4-15(14)25-17/h1-4,12-13H,5-11,21H2,(H,24,25)(H3,22,23,26,27)/t12-,13-. The molecule has 6 N–H and O–H groups in total. The molecule has 10 nitrogen and oxygen atoms in total. The average Bonchev–Trinajstić information content (AvgIpc) is 3.12. The Hall–Kier alpha value is -3.27. The molecule has 1 aliphatic rings. The lowest BCUT2D eigenvalue weighted by Gasteiger charge is -2.25. The summed E-state index contributed by atoms with van der Waals surface area (Å²) in [4.78, 5) is 27.4. The number of nitrogens with zero attached hydrogens (tertiary/aromatic N) is 4. The first-order valence-electron chi connectivity index (χ1n) is 10.2. The van der Waals surface area contributed by atoms with Crippen molar-refractivity contribution in [1.29, 1.82) is 0 Å². The van der Waals surface area contributed by atoms with Crippen molar-refractivity contribution in [2.24, 2.45) is 11.7 Å². The molecule has 10 heteroatoms. The topological polar surface area (TPSA) is 162 Å². The van der Waals surface area contributed by atoms with Crippen molar-refractivity contribution in [3.63, 3.8) is 0 Å². The van der Waals surface area contributed by atoms with Gasteiger partial charge >= 0.3 is 5.69 Å². The first-order valence-corrected chi connectivity index (χ1v) is 10.2. The molecule has 3 aromatic rings. The number of aromatic nitrogens is 4. The fourth-order valence-electron chi connectivity index (χ4n) is 4.02. The highest BCUT2D eigenvalue weighted by Crippen LogP contribution is 2.31. The van der Waals surface area contributed by atoms with Gasteiger partial charge in [0.2, 0.25) is 11.8 Å². The maximum atomic E-state index is 11.5. The molecule has 0 atom stereocenters. The van der Waals surface area contributed by atoms with E-state index in [2.05, 4.69) is 25.3 Å². The van der Waals surface area contributed by atoms with Crippen LogP contribution in [0.15, 0.2) is 24.3 Å². The van der Waals surface area contributed by atoms with Crippen molar-refractivity contribution in [2.45, 2.75) is 44.6 Å². The molecule has 1 fully saturated rings. The molecule has 0 amide bonds. The van der Waals surface area contributed by atoms with Crippen LogP contribution in [0.25, 0.3) is 11.0 Å². The van der Waals surface area contributed by atoms with E-state index in [1.807, 2.05) is 24.3 Å². The van der Waals surface area contributed by atoms with Gasteiger partial charge < -0.3 is 21.8 Å². The lowest BCUT2D eigenvalue weighted by atomic mass is 9.83. The molecule has 0 bridgehead atoms. The molecule has 0 radical (unpaired) electrons. The molecule has 2 heterocycles. The van der Waals surface area contributed by atoms with Gasteiger partial charge in [0.25, 0.3) is 0 Å². The van der Waals surface area contributed by atoms with Gasteiger partial charge in [-0.1, -0.05) is 12.1 Å². The Morgan fingerprint density at radius 3 is 2.67 bits per heavy atom. The van der Waals surface area contributed by atoms with E-state index in [1.54, 1.807) is 0 Å². The Kier molecular flexibility index (Phi) is 5.75. The van der Waals surface area contributed by atoms with E-state index in [0.717, 1.165) is 42.5 Å². The van der Waals surface area contributed by atoms with Crippen molar-refractivity contribution < 1.29 is 4.92 Å². The second-order valence-corrected chi connectivity index (χ2v) is 7.85. The molecule has 158 valence electrons. The number of nitrogens with two attached hydrogens (primary N) is 2. The quantitative estimate of drug-likeness (QED) is 0.341. The monoisotopic (exact) mass is 410 g/mol. The molecule has 1 saturated carbocycles. The lowest BCUT2D eigenvalue weighted by molar-refractivity contribution is -0.385. The third kappa shape index (κ3) is 4.48. The van der Waals surface area contributed by atoms with Crippen LogP contribution in [-0.2, 0) is 12.8 Å². The Morgan fingerprint density at radius 1 is 1.17 bits per heavy atom. The van der Waals surface area contributed by atoms with E-state index in [0.29, 0.717) is 36.9 Å². The molecule has 1 aliphatic carbocycles. The first kappa shape index (κ1) is 20.0. The van der Waals surface area contributed by atoms with Gasteiger partial charge in [-0.15, -0.1) is 0 Å². The van der Waals surface area contributed by atoms with Crippen LogP contribution in [0, 0.1) is 16.0 Å². The molecule has 0 saturated heterocycles. The van der Waals surface area contributed by atoms with Crippen LogP contribution in [0.5, 0.6) is 0 Å². The van der Waals surface area contributed by atoms with Gasteiger partial charge in [-0.25, -0.2) is 9.97 Å². The van der Waals surface area contributed by atoms with E-state index in [-0.39, 0.29) is 17.5 Å². The summed E-state index contributed by atoms with van der Waals surface area (Å²) in [6.07, 6.45) is 4.89. The van der Waals surface area contributed by atoms with E-state index >= 15 is 0 Å². The first-order chi connectivity index (χ1) is 14.5. The van der Waals surface area contributed by atoms with E-state index < -0.39 is 4.92 Å². The predicted molar refractivity (Wildman–Crippen MR) is 115 cm³/mol. The molecule has 0 unspecified atom stereocenters. The number of nitrogen functional groups attached to an aromatic ring is 1. The molecule has 0 aliphatic heterocycles. The fourth-order valence-corrected chi connectivity index (χ4v) is 4.02. The van der Waals surface area contributed by atoms with Gasteiger partial charge in [0, 0.05) is 19.0 Å². The number of anilines is 2. The SMILES string of the molecule is Nc1nc(NCCc2nc3ccccc3[nH]2)nc(C[C@H]2CC[C@H](N)CC2)c1[N+](=O)[O-]. The Labute approximate surface area is 173 Å². The zero-order chi connectivity index (χ0) is 21.1. The van der Waals surface area contributed by atoms with Crippen LogP contribution in [-0.4, -0.2) is 37.4 Å². The summed E-state index contributed by atoms with van der Waals surface area (Å²) in [5.41, 5.74) is 14.0. The zero-order valence-corrected chi connectivity index (χ0v) is 16.7. The van der Waals surface area contributed by atoms with Crippen molar-refractivity contribution in [3.05, 3.63) is 45.9 Å². The average molecular weight is 410 g/mol. The van der Waals surface area contributed by atoms with Gasteiger partial charge in [0.1, 0.15) is 11.5 Å². The third-order valence-corrected chi connectivity index (χ3v) is 5.62. The van der Waals surface area contributed by atoms with Crippen molar-refractivity contribution >= 4 is 28.5 Å². The van der Waals surface area contributed by atoms with E-state index in [1.165, 1.54) is 0 Å². The smallest absolute Gasteiger partial charge is 0.332 e. The zero-order valence-electron chi connectivity index (χ0n) is 16.7. The molecular formula is C20H26N8O2. The summed E-state index contributed by atoms with van der Waals surface area (Å²) < 4.78 is 0. The number of nitrogens with one attached hydrogen (secondary N) is 2. The minimum Gasteiger partial charge on any atom is -0.378 e. The summed E-state index contributed by atoms with van der Waals surface area (Å²) in [7, 11) is 0. The summed E-state index contributed by atoms with van der Waals surface area (Å²) >= 11 is 0. The van der Waals surface area contributed by atoms with Crippen LogP contribution >= 0.6 is 0 Å². The normalized spacial score (nSPS) is 19.1. The number of imidazole rings is 1. The second kappa shape index (κ2) is 8.62. The Bertz CT molecular complexity index is 1010. The van der Waals surface area contributed by atoms with Crippen LogP contribution in [0.3, 0.4) is 0 Å². The summed E-state index contributed by atoms with van der Waals surface area (Å²) in [6, 6.07) is 8.05. The van der Waals surface area contributed by atoms with Gasteiger partial charge in [-0.3, -0.25) is 10.1 Å². The molecule has 4 rings (SSSR count). The molecule has 2 aromatic heterocycles. The van der Waals surface area contributed by atoms with Crippen molar-refractivity contribution in [2.75, 3.05) is 17.6 Å². The van der Waals surface area contributed by atoms with Gasteiger partial charge in [-0.2, -0.15) is 4.98 Å². The minimum absolute atomic E-state index is 0.108. The van der Waals surface area contributed by atoms with Gasteiger partial charge in [-0.05, 0) is 50.2 Å². The number of aromatic amines is 1. The fraction of sp³-hybridized carbons (Fsp3) is 0.450. The second-order valence-electron chi connectivity index (χ2n) is 7.85. The highest BCUT2D eigenvalue weighted by atomic mass is 16.6. The third-order valence-electron chi connectivity index (χ3n) is 5.62. The Balaban J connectivity index is 1.45. The van der Waals surface area contributed by atoms with Crippen molar-refractivity contribution in [1.82, 2.24) is 19.9 Å². The number of H-pyrrole nitrogens is 1. The van der Waals surface area contributed by atoms with Crippen LogP contribution < -0.4 is 16.8 Å². The predicted octanol–water partition coefficient (Wildman–Crippen LogP) is 2.56. The highest BCUT2D eigenvalue weighted by molar-refractivity contribution is 5.74. The Morgan fingerprint density at radius 2 is 1.93 bits per heavy atom. The summed E-state index contributed by atoms with van der Waals surface area (Å²) in [5.74, 6) is 1.36. The lowest BCUT2D eigenvalue weighted by Crippen LogP contribution is -2.27. The summed E-state index contributed by atoms with van der Waals surface area (Å²) in [5, 5.41) is 14.6. The number of para-hydroxylation sites is 2. The number of fused-ring (bicyclic) bond motifs is 1. The largest absolute Gasteiger partial charge is 0.378 e. The number of benzene rings is 1. The van der Waals surface area contributed by atoms with Crippen molar-refractivity contribution in [3.8, 4) is 0 Å². The van der Waals surface area contributed by atoms with Crippen LogP contribution in [0.2, 0.25) is 0 Å². The maximum Gasteiger partial charge on any atom is 0.332 e. The van der Waals surface area contributed by atoms with E-state index in [4.69, 9.17) is 11.5 Å². The molecular weight excluding hydrogens is 384 g/mol. The number of nitro groups is 1. The number of rotatable bonds is 7. The molecule has 0 spiro atoms. The van der Waals surface area contributed by atoms with Crippen LogP contribution in [0.1, 0.15) is 37.2 Å². The number of hydrogen-bond acceptors (Lipinski definition) is 8. The maximum absolute atomic E-state index is 11.5. The highest BCUT2D eigenvalue weighted by Gasteiger charge is 2.27. The summed E-state index contributed by atoms with van der Waals surface area (Å²) in [6.45, 7) is 0.523. The van der Waals surface area contributed by atoms with Gasteiger partial charge in [0.05, 0.1) is 16.0 Å².